The lowest BCUT2D eigenvalue weighted by Gasteiger charge is -2.16. The van der Waals surface area contributed by atoms with Crippen LogP contribution in [0.2, 0.25) is 0 Å². The van der Waals surface area contributed by atoms with Crippen LogP contribution in [0, 0.1) is 13.8 Å². The van der Waals surface area contributed by atoms with Gasteiger partial charge in [-0.2, -0.15) is 0 Å². The summed E-state index contributed by atoms with van der Waals surface area (Å²) < 4.78 is 24.8. The van der Waals surface area contributed by atoms with E-state index in [1.807, 2.05) is 13.0 Å². The van der Waals surface area contributed by atoms with Crippen LogP contribution in [0.1, 0.15) is 34.3 Å². The van der Waals surface area contributed by atoms with Gasteiger partial charge in [-0.25, -0.2) is 8.42 Å². The summed E-state index contributed by atoms with van der Waals surface area (Å²) in [4.78, 5) is 27.7. The minimum atomic E-state index is -3.92. The van der Waals surface area contributed by atoms with Gasteiger partial charge in [0.1, 0.15) is 0 Å². The molecule has 1 saturated heterocycles. The van der Waals surface area contributed by atoms with E-state index in [0.29, 0.717) is 24.2 Å². The van der Waals surface area contributed by atoms with Crippen molar-refractivity contribution in [2.24, 2.45) is 0 Å². The number of hydrogen-bond acceptors (Lipinski definition) is 4. The fraction of sp³-hybridized carbons (Fsp3) is 0.263. The Kier molecular flexibility index (Phi) is 5.29. The highest BCUT2D eigenvalue weighted by Gasteiger charge is 2.22. The molecule has 142 valence electrons. The Morgan fingerprint density at radius 2 is 1.78 bits per heavy atom. The van der Waals surface area contributed by atoms with Crippen molar-refractivity contribution in [1.82, 2.24) is 10.3 Å². The second kappa shape index (κ2) is 7.50. The first-order chi connectivity index (χ1) is 12.8. The number of anilines is 1. The molecule has 0 spiro atoms. The molecule has 8 heteroatoms. The molecule has 0 aromatic heterocycles. The van der Waals surface area contributed by atoms with E-state index in [9.17, 15) is 18.0 Å². The molecule has 0 aliphatic carbocycles. The molecule has 2 amide bonds. The van der Waals surface area contributed by atoms with Gasteiger partial charge in [0.05, 0.1) is 4.90 Å². The van der Waals surface area contributed by atoms with E-state index in [1.165, 1.54) is 12.1 Å². The summed E-state index contributed by atoms with van der Waals surface area (Å²) in [6.07, 6.45) is 1.30. The number of sulfonamides is 1. The smallest absolute Gasteiger partial charge is 0.266 e. The van der Waals surface area contributed by atoms with Gasteiger partial charge in [-0.3, -0.25) is 15.0 Å². The average molecular weight is 387 g/mol. The topological polar surface area (TPSA) is 95.6 Å². The van der Waals surface area contributed by atoms with Crippen LogP contribution in [0.4, 0.5) is 5.69 Å². The SMILES string of the molecule is Cc1ccc(C(=O)NNS(=O)(=O)c2ccc(N3CCCC3=O)cc2)c(C)c1. The van der Waals surface area contributed by atoms with Crippen molar-refractivity contribution >= 4 is 27.5 Å². The molecule has 2 N–H and O–H groups in total. The maximum atomic E-state index is 12.4. The van der Waals surface area contributed by atoms with E-state index < -0.39 is 15.9 Å². The number of nitrogens with one attached hydrogen (secondary N) is 2. The van der Waals surface area contributed by atoms with Crippen LogP contribution >= 0.6 is 0 Å². The van der Waals surface area contributed by atoms with Crippen LogP contribution in [0.15, 0.2) is 47.4 Å². The first kappa shape index (κ1) is 19.1. The summed E-state index contributed by atoms with van der Waals surface area (Å²) >= 11 is 0. The lowest BCUT2D eigenvalue weighted by molar-refractivity contribution is -0.117. The zero-order valence-electron chi connectivity index (χ0n) is 15.2. The molecule has 27 heavy (non-hydrogen) atoms. The summed E-state index contributed by atoms with van der Waals surface area (Å²) in [5.74, 6) is -0.500. The Hall–Kier alpha value is -2.71. The summed E-state index contributed by atoms with van der Waals surface area (Å²) in [6, 6.07) is 11.3. The number of rotatable bonds is 5. The minimum Gasteiger partial charge on any atom is -0.312 e. The van der Waals surface area contributed by atoms with Gasteiger partial charge in [-0.15, -0.1) is 4.83 Å². The molecular weight excluding hydrogens is 366 g/mol. The van der Waals surface area contributed by atoms with Crippen LogP contribution in [-0.4, -0.2) is 26.8 Å². The quantitative estimate of drug-likeness (QED) is 0.768. The first-order valence-electron chi connectivity index (χ1n) is 8.58. The Morgan fingerprint density at radius 1 is 1.07 bits per heavy atom. The fourth-order valence-corrected chi connectivity index (χ4v) is 3.87. The van der Waals surface area contributed by atoms with E-state index in [0.717, 1.165) is 17.5 Å². The number of hydrogen-bond donors (Lipinski definition) is 2. The number of aryl methyl sites for hydroxylation is 2. The van der Waals surface area contributed by atoms with Crippen LogP contribution in [-0.2, 0) is 14.8 Å². The van der Waals surface area contributed by atoms with E-state index in [-0.39, 0.29) is 10.8 Å². The molecule has 1 heterocycles. The van der Waals surface area contributed by atoms with E-state index in [1.54, 1.807) is 36.1 Å². The number of carbonyl (C=O) groups excluding carboxylic acids is 2. The van der Waals surface area contributed by atoms with Gasteiger partial charge in [-0.1, -0.05) is 17.7 Å². The largest absolute Gasteiger partial charge is 0.312 e. The minimum absolute atomic E-state index is 0.00109. The Bertz CT molecular complexity index is 985. The molecule has 3 rings (SSSR count). The van der Waals surface area contributed by atoms with E-state index in [2.05, 4.69) is 10.3 Å². The predicted octanol–water partition coefficient (Wildman–Crippen LogP) is 2.05. The van der Waals surface area contributed by atoms with Gasteiger partial charge in [0.2, 0.25) is 5.91 Å². The summed E-state index contributed by atoms with van der Waals surface area (Å²) in [7, 11) is -3.92. The zero-order valence-corrected chi connectivity index (χ0v) is 16.0. The van der Waals surface area contributed by atoms with Gasteiger partial charge < -0.3 is 4.90 Å². The van der Waals surface area contributed by atoms with Crippen LogP contribution in [0.25, 0.3) is 0 Å². The third-order valence-corrected chi connectivity index (χ3v) is 5.72. The van der Waals surface area contributed by atoms with Gasteiger partial charge in [0.25, 0.3) is 15.9 Å². The van der Waals surface area contributed by atoms with Crippen molar-refractivity contribution in [3.63, 3.8) is 0 Å². The lowest BCUT2D eigenvalue weighted by atomic mass is 10.1. The maximum absolute atomic E-state index is 12.4. The summed E-state index contributed by atoms with van der Waals surface area (Å²) in [6.45, 7) is 4.33. The third kappa shape index (κ3) is 4.17. The monoisotopic (exact) mass is 387 g/mol. The summed E-state index contributed by atoms with van der Waals surface area (Å²) in [5, 5.41) is 0. The highest BCUT2D eigenvalue weighted by atomic mass is 32.2. The van der Waals surface area contributed by atoms with Crippen LogP contribution < -0.4 is 15.2 Å². The maximum Gasteiger partial charge on any atom is 0.266 e. The van der Waals surface area contributed by atoms with Gasteiger partial charge in [-0.05, 0) is 56.2 Å². The molecule has 0 unspecified atom stereocenters. The van der Waals surface area contributed by atoms with Gasteiger partial charge >= 0.3 is 0 Å². The molecule has 0 bridgehead atoms. The third-order valence-electron chi connectivity index (χ3n) is 4.46. The number of hydrazine groups is 1. The van der Waals surface area contributed by atoms with Crippen molar-refractivity contribution in [2.45, 2.75) is 31.6 Å². The van der Waals surface area contributed by atoms with Gasteiger partial charge in [0, 0.05) is 24.2 Å². The molecule has 1 fully saturated rings. The summed E-state index contributed by atoms with van der Waals surface area (Å²) in [5.41, 5.74) is 5.06. The molecule has 7 nitrogen and oxygen atoms in total. The number of carbonyl (C=O) groups is 2. The van der Waals surface area contributed by atoms with Crippen molar-refractivity contribution in [3.05, 3.63) is 59.2 Å². The van der Waals surface area contributed by atoms with Crippen LogP contribution in [0.3, 0.4) is 0 Å². The standard InChI is InChI=1S/C19H21N3O4S/c1-13-5-10-17(14(2)12-13)19(24)20-21-27(25,26)16-8-6-15(7-9-16)22-11-3-4-18(22)23/h5-10,12,21H,3-4,11H2,1-2H3,(H,20,24). The fourth-order valence-electron chi connectivity index (χ4n) is 3.03. The predicted molar refractivity (Wildman–Crippen MR) is 102 cm³/mol. The molecule has 1 aliphatic heterocycles. The Morgan fingerprint density at radius 3 is 2.37 bits per heavy atom. The van der Waals surface area contributed by atoms with Crippen molar-refractivity contribution in [1.29, 1.82) is 0 Å². The van der Waals surface area contributed by atoms with E-state index >= 15 is 0 Å². The number of benzene rings is 2. The van der Waals surface area contributed by atoms with E-state index in [4.69, 9.17) is 0 Å². The normalized spacial score (nSPS) is 14.4. The molecule has 2 aromatic carbocycles. The second-order valence-corrected chi connectivity index (χ2v) is 8.20. The number of amides is 2. The van der Waals surface area contributed by atoms with Crippen molar-refractivity contribution in [2.75, 3.05) is 11.4 Å². The molecule has 0 atom stereocenters. The molecule has 2 aromatic rings. The Labute approximate surface area is 158 Å². The number of nitrogens with zero attached hydrogens (tertiary/aromatic N) is 1. The highest BCUT2D eigenvalue weighted by molar-refractivity contribution is 7.89. The lowest BCUT2D eigenvalue weighted by Crippen LogP contribution is -2.41. The highest BCUT2D eigenvalue weighted by Crippen LogP contribution is 2.22. The molecule has 1 aliphatic rings. The van der Waals surface area contributed by atoms with Crippen LogP contribution in [0.5, 0.6) is 0 Å². The van der Waals surface area contributed by atoms with Crippen molar-refractivity contribution < 1.29 is 18.0 Å². The molecule has 0 saturated carbocycles. The average Bonchev–Trinajstić information content (AvgIpc) is 3.06. The van der Waals surface area contributed by atoms with Crippen molar-refractivity contribution in [3.8, 4) is 0 Å². The van der Waals surface area contributed by atoms with Gasteiger partial charge in [0.15, 0.2) is 0 Å². The second-order valence-electron chi connectivity index (χ2n) is 6.52. The Balaban J connectivity index is 1.69. The zero-order chi connectivity index (χ0) is 19.6. The first-order valence-corrected chi connectivity index (χ1v) is 10.1. The molecular formula is C19H21N3O4S. The molecule has 0 radical (unpaired) electrons.